The first kappa shape index (κ1) is 24.9. The molecule has 2 heterocycles. The molecule has 178 valence electrons. The van der Waals surface area contributed by atoms with Crippen molar-refractivity contribution in [2.45, 2.75) is 53.4 Å². The molecule has 2 aromatic heterocycles. The zero-order chi connectivity index (χ0) is 24.5. The van der Waals surface area contributed by atoms with Crippen molar-refractivity contribution >= 4 is 23.1 Å². The van der Waals surface area contributed by atoms with Gasteiger partial charge in [-0.15, -0.1) is 10.2 Å². The van der Waals surface area contributed by atoms with Crippen LogP contribution in [0.2, 0.25) is 0 Å². The van der Waals surface area contributed by atoms with E-state index in [2.05, 4.69) is 45.9 Å². The number of rotatable bonds is 11. The van der Waals surface area contributed by atoms with Crippen LogP contribution in [0.4, 0.5) is 23.1 Å². The number of hydrogen-bond acceptors (Lipinski definition) is 7. The molecular weight excluding hydrogens is 424 g/mol. The molecule has 0 amide bonds. The summed E-state index contributed by atoms with van der Waals surface area (Å²) in [7, 11) is 1.85. The van der Waals surface area contributed by atoms with Crippen LogP contribution in [0.25, 0.3) is 5.69 Å². The standard InChI is InChI=1S/C26H34N8/c1-6-8-11-20(7-2)16-29-25-24(19(4)14-23(28-5)31-25)32-33-26-21(15-27)17-30-34(26)22-12-9-10-18(3)13-22/h9-10,12-14,17,20H,6-8,11,16H2,1-5H3,(H2,28,29,31). The molecule has 1 atom stereocenters. The van der Waals surface area contributed by atoms with Crippen LogP contribution in [0.5, 0.6) is 0 Å². The lowest BCUT2D eigenvalue weighted by atomic mass is 9.99. The summed E-state index contributed by atoms with van der Waals surface area (Å²) in [5, 5.41) is 29.7. The van der Waals surface area contributed by atoms with E-state index in [9.17, 15) is 5.26 Å². The Morgan fingerprint density at radius 3 is 2.68 bits per heavy atom. The zero-order valence-electron chi connectivity index (χ0n) is 20.8. The summed E-state index contributed by atoms with van der Waals surface area (Å²) in [6.07, 6.45) is 6.22. The van der Waals surface area contributed by atoms with E-state index in [1.54, 1.807) is 4.68 Å². The van der Waals surface area contributed by atoms with Crippen molar-refractivity contribution in [2.75, 3.05) is 24.2 Å². The molecule has 1 unspecified atom stereocenters. The smallest absolute Gasteiger partial charge is 0.195 e. The number of unbranched alkanes of at least 4 members (excludes halogenated alkanes) is 1. The molecule has 34 heavy (non-hydrogen) atoms. The van der Waals surface area contributed by atoms with Crippen LogP contribution in [0.3, 0.4) is 0 Å². The zero-order valence-corrected chi connectivity index (χ0v) is 20.8. The van der Waals surface area contributed by atoms with Crippen LogP contribution >= 0.6 is 0 Å². The van der Waals surface area contributed by atoms with Gasteiger partial charge in [-0.1, -0.05) is 45.2 Å². The van der Waals surface area contributed by atoms with E-state index in [0.717, 1.165) is 35.6 Å². The predicted molar refractivity (Wildman–Crippen MR) is 138 cm³/mol. The number of nitrogens with zero attached hydrogens (tertiary/aromatic N) is 6. The monoisotopic (exact) mass is 458 g/mol. The molecule has 0 radical (unpaired) electrons. The first-order valence-corrected chi connectivity index (χ1v) is 11.9. The fourth-order valence-electron chi connectivity index (χ4n) is 3.79. The molecule has 0 bridgehead atoms. The largest absolute Gasteiger partial charge is 0.373 e. The number of hydrogen-bond donors (Lipinski definition) is 2. The second kappa shape index (κ2) is 11.9. The normalized spacial score (nSPS) is 12.0. The average Bonchev–Trinajstić information content (AvgIpc) is 3.26. The first-order chi connectivity index (χ1) is 16.5. The van der Waals surface area contributed by atoms with E-state index in [4.69, 9.17) is 4.98 Å². The Labute approximate surface area is 202 Å². The van der Waals surface area contributed by atoms with E-state index in [-0.39, 0.29) is 0 Å². The summed E-state index contributed by atoms with van der Waals surface area (Å²) < 4.78 is 1.64. The number of azo groups is 1. The fraction of sp³-hybridized carbons (Fsp3) is 0.423. The molecular formula is C26H34N8. The van der Waals surface area contributed by atoms with Crippen LogP contribution in [0.15, 0.2) is 46.8 Å². The summed E-state index contributed by atoms with van der Waals surface area (Å²) in [4.78, 5) is 4.71. The number of aromatic nitrogens is 3. The SMILES string of the molecule is CCCCC(CC)CNc1nc(NC)cc(C)c1N=Nc1c(C#N)cnn1-c1cccc(C)c1. The Morgan fingerprint density at radius 1 is 1.18 bits per heavy atom. The lowest BCUT2D eigenvalue weighted by Crippen LogP contribution is -2.15. The molecule has 8 nitrogen and oxygen atoms in total. The van der Waals surface area contributed by atoms with Gasteiger partial charge in [0.1, 0.15) is 23.1 Å². The molecule has 0 aliphatic carbocycles. The molecule has 8 heteroatoms. The topological polar surface area (TPSA) is 103 Å². The van der Waals surface area contributed by atoms with Gasteiger partial charge in [0, 0.05) is 13.6 Å². The first-order valence-electron chi connectivity index (χ1n) is 11.9. The van der Waals surface area contributed by atoms with Crippen molar-refractivity contribution in [1.82, 2.24) is 14.8 Å². The third-order valence-electron chi connectivity index (χ3n) is 5.90. The number of anilines is 2. The van der Waals surface area contributed by atoms with Crippen molar-refractivity contribution in [3.63, 3.8) is 0 Å². The highest BCUT2D eigenvalue weighted by Gasteiger charge is 2.15. The molecule has 3 rings (SSSR count). The van der Waals surface area contributed by atoms with Crippen LogP contribution in [-0.2, 0) is 0 Å². The predicted octanol–water partition coefficient (Wildman–Crippen LogP) is 6.84. The molecule has 0 saturated heterocycles. The number of pyridine rings is 1. The lowest BCUT2D eigenvalue weighted by Gasteiger charge is -2.17. The van der Waals surface area contributed by atoms with Gasteiger partial charge in [-0.2, -0.15) is 10.4 Å². The number of nitriles is 1. The van der Waals surface area contributed by atoms with Crippen molar-refractivity contribution in [1.29, 1.82) is 5.26 Å². The Morgan fingerprint density at radius 2 is 2.00 bits per heavy atom. The van der Waals surface area contributed by atoms with Crippen molar-refractivity contribution < 1.29 is 0 Å². The van der Waals surface area contributed by atoms with Gasteiger partial charge in [0.05, 0.1) is 11.9 Å². The van der Waals surface area contributed by atoms with E-state index < -0.39 is 0 Å². The molecule has 0 fully saturated rings. The molecule has 0 aliphatic rings. The Balaban J connectivity index is 1.97. The Kier molecular flexibility index (Phi) is 8.74. The molecule has 3 aromatic rings. The van der Waals surface area contributed by atoms with Crippen molar-refractivity contribution in [3.8, 4) is 11.8 Å². The van der Waals surface area contributed by atoms with Crippen LogP contribution in [-0.4, -0.2) is 28.4 Å². The minimum atomic E-state index is 0.364. The molecule has 0 saturated carbocycles. The lowest BCUT2D eigenvalue weighted by molar-refractivity contribution is 0.472. The maximum Gasteiger partial charge on any atom is 0.195 e. The summed E-state index contributed by atoms with van der Waals surface area (Å²) in [6.45, 7) is 9.26. The minimum absolute atomic E-state index is 0.364. The number of benzene rings is 1. The summed E-state index contributed by atoms with van der Waals surface area (Å²) in [5.41, 5.74) is 3.88. The highest BCUT2D eigenvalue weighted by Crippen LogP contribution is 2.33. The minimum Gasteiger partial charge on any atom is -0.373 e. The van der Waals surface area contributed by atoms with Crippen LogP contribution < -0.4 is 10.6 Å². The van der Waals surface area contributed by atoms with E-state index in [0.29, 0.717) is 28.8 Å². The van der Waals surface area contributed by atoms with Crippen LogP contribution in [0, 0.1) is 31.1 Å². The van der Waals surface area contributed by atoms with E-state index in [1.807, 2.05) is 51.2 Å². The summed E-state index contributed by atoms with van der Waals surface area (Å²) in [5.74, 6) is 2.41. The van der Waals surface area contributed by atoms with Crippen LogP contribution in [0.1, 0.15) is 56.2 Å². The third-order valence-corrected chi connectivity index (χ3v) is 5.90. The van der Waals surface area contributed by atoms with Crippen molar-refractivity contribution in [3.05, 3.63) is 53.2 Å². The fourth-order valence-corrected chi connectivity index (χ4v) is 3.79. The quantitative estimate of drug-likeness (QED) is 0.306. The van der Waals surface area contributed by atoms with Gasteiger partial charge in [-0.3, -0.25) is 0 Å². The van der Waals surface area contributed by atoms with Gasteiger partial charge in [-0.25, -0.2) is 9.67 Å². The van der Waals surface area contributed by atoms with Gasteiger partial charge >= 0.3 is 0 Å². The van der Waals surface area contributed by atoms with Crippen molar-refractivity contribution in [2.24, 2.45) is 16.1 Å². The molecule has 2 N–H and O–H groups in total. The Bertz CT molecular complexity index is 1170. The van der Waals surface area contributed by atoms with Gasteiger partial charge in [0.2, 0.25) is 0 Å². The maximum absolute atomic E-state index is 9.61. The van der Waals surface area contributed by atoms with E-state index in [1.165, 1.54) is 25.5 Å². The second-order valence-electron chi connectivity index (χ2n) is 8.51. The highest BCUT2D eigenvalue weighted by molar-refractivity contribution is 5.68. The molecule has 0 spiro atoms. The number of nitrogens with one attached hydrogen (secondary N) is 2. The van der Waals surface area contributed by atoms with Gasteiger partial charge < -0.3 is 10.6 Å². The second-order valence-corrected chi connectivity index (χ2v) is 8.51. The summed E-state index contributed by atoms with van der Waals surface area (Å²) >= 11 is 0. The van der Waals surface area contributed by atoms with Gasteiger partial charge in [0.15, 0.2) is 11.6 Å². The molecule has 0 aliphatic heterocycles. The maximum atomic E-state index is 9.61. The summed E-state index contributed by atoms with van der Waals surface area (Å²) in [6, 6.07) is 12.0. The average molecular weight is 459 g/mol. The molecule has 1 aromatic carbocycles. The highest BCUT2D eigenvalue weighted by atomic mass is 15.3. The van der Waals surface area contributed by atoms with Gasteiger partial charge in [-0.05, 0) is 55.5 Å². The van der Waals surface area contributed by atoms with E-state index >= 15 is 0 Å². The number of aryl methyl sites for hydroxylation is 2. The Hall–Kier alpha value is -3.73. The van der Waals surface area contributed by atoms with Gasteiger partial charge in [0.25, 0.3) is 0 Å². The third kappa shape index (κ3) is 5.98.